The van der Waals surface area contributed by atoms with Crippen LogP contribution in [0.2, 0.25) is 0 Å². The first-order valence-corrected chi connectivity index (χ1v) is 14.6. The summed E-state index contributed by atoms with van der Waals surface area (Å²) in [6, 6.07) is 14.4. The van der Waals surface area contributed by atoms with Crippen LogP contribution in [0.5, 0.6) is 5.75 Å². The van der Waals surface area contributed by atoms with E-state index in [1.807, 2.05) is 18.2 Å². The molecule has 2 atom stereocenters. The first-order valence-electron chi connectivity index (χ1n) is 14.6. The summed E-state index contributed by atoms with van der Waals surface area (Å²) in [6.45, 7) is 9.28. The number of aliphatic hydroxyl groups is 1. The van der Waals surface area contributed by atoms with Crippen molar-refractivity contribution in [3.8, 4) is 5.75 Å². The third-order valence-corrected chi connectivity index (χ3v) is 8.26. The summed E-state index contributed by atoms with van der Waals surface area (Å²) in [7, 11) is 0. The number of hydrogen-bond acceptors (Lipinski definition) is 4. The summed E-state index contributed by atoms with van der Waals surface area (Å²) >= 11 is 0. The van der Waals surface area contributed by atoms with E-state index in [0.29, 0.717) is 12.5 Å². The lowest BCUT2D eigenvalue weighted by atomic mass is 9.70. The molecule has 0 amide bonds. The number of hydrogen-bond donors (Lipinski definition) is 3. The topological polar surface area (TPSA) is 61.7 Å². The number of benzene rings is 2. The van der Waals surface area contributed by atoms with Crippen LogP contribution in [0.4, 0.5) is 5.69 Å². The summed E-state index contributed by atoms with van der Waals surface area (Å²) in [6.07, 6.45) is 15.0. The number of nitrogens with one attached hydrogen (secondary N) is 1. The summed E-state index contributed by atoms with van der Waals surface area (Å²) in [4.78, 5) is 0. The summed E-state index contributed by atoms with van der Waals surface area (Å²) < 4.78 is 6.22. The fourth-order valence-electron chi connectivity index (χ4n) is 5.70. The van der Waals surface area contributed by atoms with Crippen molar-refractivity contribution in [3.05, 3.63) is 65.2 Å². The normalized spacial score (nSPS) is 15.3. The van der Waals surface area contributed by atoms with E-state index in [2.05, 4.69) is 56.4 Å². The molecular formula is C33H49NO3. The summed E-state index contributed by atoms with van der Waals surface area (Å²) in [5, 5.41) is 24.0. The van der Waals surface area contributed by atoms with E-state index in [1.165, 1.54) is 37.7 Å². The second kappa shape index (κ2) is 15.2. The summed E-state index contributed by atoms with van der Waals surface area (Å²) in [5.74, 6) is 0.792. The van der Waals surface area contributed by atoms with Crippen LogP contribution in [0, 0.1) is 5.92 Å². The molecule has 1 heterocycles. The predicted molar refractivity (Wildman–Crippen MR) is 156 cm³/mol. The molecule has 1 aliphatic heterocycles. The number of fused-ring (bicyclic) bond motifs is 1. The highest BCUT2D eigenvalue weighted by Crippen LogP contribution is 2.38. The number of rotatable bonds is 17. The molecule has 2 aromatic carbocycles. The van der Waals surface area contributed by atoms with Gasteiger partial charge in [0.2, 0.25) is 0 Å². The Morgan fingerprint density at radius 1 is 0.919 bits per heavy atom. The minimum atomic E-state index is -0.483. The molecule has 2 aromatic rings. The van der Waals surface area contributed by atoms with Gasteiger partial charge < -0.3 is 20.3 Å². The van der Waals surface area contributed by atoms with Gasteiger partial charge in [-0.25, -0.2) is 0 Å². The predicted octanol–water partition coefficient (Wildman–Crippen LogP) is 8.40. The van der Waals surface area contributed by atoms with Crippen LogP contribution in [-0.2, 0) is 10.2 Å². The Hall–Kier alpha value is -2.30. The molecule has 0 fully saturated rings. The van der Waals surface area contributed by atoms with Gasteiger partial charge in [-0.1, -0.05) is 114 Å². The number of ether oxygens (including phenoxy) is 1. The molecule has 4 heteroatoms. The molecule has 3 rings (SSSR count). The zero-order valence-electron chi connectivity index (χ0n) is 23.3. The summed E-state index contributed by atoms with van der Waals surface area (Å²) in [5.41, 5.74) is 4.07. The van der Waals surface area contributed by atoms with Crippen molar-refractivity contribution in [1.82, 2.24) is 0 Å². The molecule has 0 radical (unpaired) electrons. The van der Waals surface area contributed by atoms with Crippen molar-refractivity contribution in [3.63, 3.8) is 0 Å². The van der Waals surface area contributed by atoms with Crippen LogP contribution in [-0.4, -0.2) is 30.0 Å². The molecule has 1 aliphatic rings. The van der Waals surface area contributed by atoms with E-state index < -0.39 is 6.10 Å². The third kappa shape index (κ3) is 8.09. The van der Waals surface area contributed by atoms with Crippen LogP contribution >= 0.6 is 0 Å². The van der Waals surface area contributed by atoms with Gasteiger partial charge in [0.1, 0.15) is 5.75 Å². The molecule has 204 valence electrons. The number of aromatic hydroxyl groups is 1. The maximum atomic E-state index is 10.7. The maximum Gasteiger partial charge on any atom is 0.139 e. The van der Waals surface area contributed by atoms with Gasteiger partial charge in [0.05, 0.1) is 18.4 Å². The molecular weight excluding hydrogens is 458 g/mol. The molecule has 0 spiro atoms. The number of phenolic OH excluding ortho intramolecular Hbond substituents is 1. The number of aliphatic hydroxyl groups excluding tert-OH is 1. The highest BCUT2D eigenvalue weighted by atomic mass is 16.5. The van der Waals surface area contributed by atoms with Gasteiger partial charge >= 0.3 is 0 Å². The Morgan fingerprint density at radius 3 is 2.27 bits per heavy atom. The van der Waals surface area contributed by atoms with Crippen molar-refractivity contribution in [2.45, 2.75) is 96.5 Å². The van der Waals surface area contributed by atoms with Gasteiger partial charge in [-0.15, -0.1) is 0 Å². The lowest BCUT2D eigenvalue weighted by Gasteiger charge is -2.37. The Balaban J connectivity index is 1.24. The fraction of sp³-hybridized carbons (Fsp3) is 0.576. The van der Waals surface area contributed by atoms with Crippen LogP contribution in [0.15, 0.2) is 48.5 Å². The Labute approximate surface area is 225 Å². The van der Waals surface area contributed by atoms with E-state index in [4.69, 9.17) is 4.74 Å². The molecule has 3 N–H and O–H groups in total. The average Bonchev–Trinajstić information content (AvgIpc) is 2.92. The van der Waals surface area contributed by atoms with Gasteiger partial charge in [-0.3, -0.25) is 0 Å². The minimum absolute atomic E-state index is 0.101. The molecule has 0 aliphatic carbocycles. The average molecular weight is 508 g/mol. The third-order valence-electron chi connectivity index (χ3n) is 8.26. The largest absolute Gasteiger partial charge is 0.506 e. The highest BCUT2D eigenvalue weighted by Gasteiger charge is 2.34. The van der Waals surface area contributed by atoms with Crippen molar-refractivity contribution < 1.29 is 14.9 Å². The smallest absolute Gasteiger partial charge is 0.139 e. The van der Waals surface area contributed by atoms with E-state index in [-0.39, 0.29) is 11.2 Å². The quantitative estimate of drug-likeness (QED) is 0.149. The van der Waals surface area contributed by atoms with Crippen LogP contribution in [0.3, 0.4) is 0 Å². The van der Waals surface area contributed by atoms with Gasteiger partial charge in [-0.05, 0) is 42.4 Å². The molecule has 0 saturated carbocycles. The van der Waals surface area contributed by atoms with Crippen LogP contribution in [0.25, 0.3) is 6.08 Å². The SMILES string of the molecule is CCC(COCCCCCCCCCCC(O)c1ccc(O)c2c1C=CCN2)(c1ccccc1)C(C)C. The monoisotopic (exact) mass is 507 g/mol. The van der Waals surface area contributed by atoms with Crippen molar-refractivity contribution >= 4 is 11.8 Å². The number of phenols is 1. The van der Waals surface area contributed by atoms with Crippen LogP contribution in [0.1, 0.15) is 108 Å². The molecule has 0 bridgehead atoms. The minimum Gasteiger partial charge on any atom is -0.506 e. The molecule has 37 heavy (non-hydrogen) atoms. The van der Waals surface area contributed by atoms with Crippen molar-refractivity contribution in [1.29, 1.82) is 0 Å². The Bertz CT molecular complexity index is 956. The first-order chi connectivity index (χ1) is 18.0. The molecule has 0 aromatic heterocycles. The maximum absolute atomic E-state index is 10.7. The highest BCUT2D eigenvalue weighted by molar-refractivity contribution is 5.77. The second-order valence-corrected chi connectivity index (χ2v) is 11.0. The molecule has 4 nitrogen and oxygen atoms in total. The Morgan fingerprint density at radius 2 is 1.59 bits per heavy atom. The second-order valence-electron chi connectivity index (χ2n) is 11.0. The molecule has 2 unspecified atom stereocenters. The van der Waals surface area contributed by atoms with E-state index in [9.17, 15) is 10.2 Å². The zero-order valence-corrected chi connectivity index (χ0v) is 23.3. The van der Waals surface area contributed by atoms with Gasteiger partial charge in [-0.2, -0.15) is 0 Å². The Kier molecular flexibility index (Phi) is 12.0. The van der Waals surface area contributed by atoms with E-state index in [0.717, 1.165) is 62.1 Å². The van der Waals surface area contributed by atoms with E-state index >= 15 is 0 Å². The van der Waals surface area contributed by atoms with Gasteiger partial charge in [0.25, 0.3) is 0 Å². The first kappa shape index (κ1) is 29.3. The van der Waals surface area contributed by atoms with Crippen LogP contribution < -0.4 is 5.32 Å². The van der Waals surface area contributed by atoms with Crippen molar-refractivity contribution in [2.24, 2.45) is 5.92 Å². The lowest BCUT2D eigenvalue weighted by Crippen LogP contribution is -2.37. The van der Waals surface area contributed by atoms with Gasteiger partial charge in [0, 0.05) is 24.1 Å². The number of anilines is 1. The number of unbranched alkanes of at least 4 members (excludes halogenated alkanes) is 7. The zero-order chi connectivity index (χ0) is 26.5. The lowest BCUT2D eigenvalue weighted by molar-refractivity contribution is 0.0564. The molecule has 0 saturated heterocycles. The van der Waals surface area contributed by atoms with Crippen molar-refractivity contribution in [2.75, 3.05) is 25.1 Å². The fourth-order valence-corrected chi connectivity index (χ4v) is 5.70. The standard InChI is InChI=1S/C33H49NO3/c1-4-33(26(2)3,27-17-12-11-13-18-27)25-37-24-15-10-8-6-5-7-9-14-20-30(35)28-21-22-31(36)32-29(28)19-16-23-34-32/h11-13,16-19,21-22,26,30,34-36H,4-10,14-15,20,23-25H2,1-3H3. The van der Waals surface area contributed by atoms with E-state index in [1.54, 1.807) is 6.07 Å². The van der Waals surface area contributed by atoms with Gasteiger partial charge in [0.15, 0.2) is 0 Å².